The molecule has 1 amide bonds. The molecule has 2 atom stereocenters. The Morgan fingerprint density at radius 1 is 0.691 bits per heavy atom. The monoisotopic (exact) mass is 778 g/mol. The highest BCUT2D eigenvalue weighted by Crippen LogP contribution is 2.20. The molecule has 0 aliphatic carbocycles. The SMILES string of the molecule is C.CCOC(=O)[C@@H](N)Cc1c[nH]c2ccccc12.CCOC(=O)[C@H](Cc1c[nH]c2ccccc12)NC(=O)c1ccc(F)cc1.Cl.O=C(O)c1ccc(F)cc1. The van der Waals surface area contributed by atoms with Crippen LogP contribution in [0, 0.1) is 11.6 Å². The van der Waals surface area contributed by atoms with Gasteiger partial charge in [-0.25, -0.2) is 18.4 Å². The fourth-order valence-corrected chi connectivity index (χ4v) is 5.26. The fourth-order valence-electron chi connectivity index (χ4n) is 5.26. The van der Waals surface area contributed by atoms with Crippen LogP contribution in [0.1, 0.15) is 53.1 Å². The van der Waals surface area contributed by atoms with Crippen LogP contribution in [0.3, 0.4) is 0 Å². The summed E-state index contributed by atoms with van der Waals surface area (Å²) in [6.07, 6.45) is 4.49. The average molecular weight is 779 g/mol. The van der Waals surface area contributed by atoms with E-state index in [2.05, 4.69) is 15.3 Å². The highest BCUT2D eigenvalue weighted by Gasteiger charge is 2.24. The fraction of sp³-hybridized carbons (Fsp3) is 0.220. The van der Waals surface area contributed by atoms with Crippen molar-refractivity contribution < 1.29 is 42.5 Å². The number of carbonyl (C=O) groups excluding carboxylic acids is 3. The Morgan fingerprint density at radius 3 is 1.60 bits per heavy atom. The highest BCUT2D eigenvalue weighted by atomic mass is 35.5. The Labute approximate surface area is 323 Å². The third kappa shape index (κ3) is 13.1. The molecule has 292 valence electrons. The van der Waals surface area contributed by atoms with Gasteiger partial charge in [0.2, 0.25) is 0 Å². The summed E-state index contributed by atoms with van der Waals surface area (Å²) < 4.78 is 35.2. The normalized spacial score (nSPS) is 11.2. The van der Waals surface area contributed by atoms with Gasteiger partial charge < -0.3 is 35.6 Å². The van der Waals surface area contributed by atoms with Gasteiger partial charge >= 0.3 is 17.9 Å². The molecule has 0 spiro atoms. The van der Waals surface area contributed by atoms with Crippen LogP contribution in [0.4, 0.5) is 8.78 Å². The number of hydrogen-bond donors (Lipinski definition) is 5. The van der Waals surface area contributed by atoms with Gasteiger partial charge in [0, 0.05) is 52.6 Å². The lowest BCUT2D eigenvalue weighted by molar-refractivity contribution is -0.145. The maximum absolute atomic E-state index is 13.0. The number of nitrogens with two attached hydrogens (primary N) is 1. The zero-order chi connectivity index (χ0) is 38.3. The van der Waals surface area contributed by atoms with Crippen molar-refractivity contribution in [3.63, 3.8) is 0 Å². The maximum Gasteiger partial charge on any atom is 0.335 e. The zero-order valence-corrected chi connectivity index (χ0v) is 30.3. The molecule has 0 aliphatic heterocycles. The topological polar surface area (TPSA) is 177 Å². The van der Waals surface area contributed by atoms with Crippen LogP contribution < -0.4 is 11.1 Å². The second kappa shape index (κ2) is 22.2. The van der Waals surface area contributed by atoms with E-state index in [0.29, 0.717) is 13.0 Å². The molecule has 0 aliphatic rings. The van der Waals surface area contributed by atoms with E-state index in [-0.39, 0.29) is 50.0 Å². The molecule has 0 unspecified atom stereocenters. The van der Waals surface area contributed by atoms with E-state index in [1.807, 2.05) is 60.9 Å². The van der Waals surface area contributed by atoms with Gasteiger partial charge in [-0.2, -0.15) is 0 Å². The number of para-hydroxylation sites is 2. The van der Waals surface area contributed by atoms with E-state index in [9.17, 15) is 28.0 Å². The zero-order valence-electron chi connectivity index (χ0n) is 29.5. The molecule has 0 fully saturated rings. The Kier molecular flexibility index (Phi) is 18.2. The first kappa shape index (κ1) is 45.1. The van der Waals surface area contributed by atoms with E-state index >= 15 is 0 Å². The molecule has 14 heteroatoms. The molecule has 6 rings (SSSR count). The van der Waals surface area contributed by atoms with Crippen molar-refractivity contribution in [2.24, 2.45) is 5.73 Å². The first-order valence-corrected chi connectivity index (χ1v) is 16.7. The molecular formula is C41H45ClF2N4O7. The van der Waals surface area contributed by atoms with Crippen molar-refractivity contribution >= 4 is 58.0 Å². The van der Waals surface area contributed by atoms with Crippen molar-refractivity contribution in [2.45, 2.75) is 46.2 Å². The number of aromatic amines is 2. The van der Waals surface area contributed by atoms with Crippen LogP contribution in [0.15, 0.2) is 109 Å². The minimum atomic E-state index is -1.04. The molecule has 2 aromatic heterocycles. The molecular weight excluding hydrogens is 734 g/mol. The van der Waals surface area contributed by atoms with E-state index in [4.69, 9.17) is 20.3 Å². The van der Waals surface area contributed by atoms with Crippen molar-refractivity contribution in [3.8, 4) is 0 Å². The number of fused-ring (bicyclic) bond motifs is 2. The number of carboxylic acid groups (broad SMARTS) is 1. The van der Waals surface area contributed by atoms with Gasteiger partial charge in [-0.05, 0) is 85.6 Å². The van der Waals surface area contributed by atoms with Crippen LogP contribution in [-0.4, -0.2) is 64.2 Å². The molecule has 2 heterocycles. The molecule has 6 aromatic rings. The lowest BCUT2D eigenvalue weighted by atomic mass is 10.0. The summed E-state index contributed by atoms with van der Waals surface area (Å²) in [4.78, 5) is 52.7. The van der Waals surface area contributed by atoms with E-state index in [1.165, 1.54) is 36.4 Å². The minimum absolute atomic E-state index is 0. The van der Waals surface area contributed by atoms with Crippen LogP contribution in [0.2, 0.25) is 0 Å². The van der Waals surface area contributed by atoms with Gasteiger partial charge in [0.05, 0.1) is 18.8 Å². The van der Waals surface area contributed by atoms with Crippen molar-refractivity contribution in [2.75, 3.05) is 13.2 Å². The molecule has 4 aromatic carbocycles. The Hall–Kier alpha value is -6.05. The number of nitrogens with one attached hydrogen (secondary N) is 3. The molecule has 6 N–H and O–H groups in total. The second-order valence-electron chi connectivity index (χ2n) is 11.6. The third-order valence-corrected chi connectivity index (χ3v) is 7.88. The predicted octanol–water partition coefficient (Wildman–Crippen LogP) is 7.39. The Morgan fingerprint density at radius 2 is 1.13 bits per heavy atom. The first-order valence-electron chi connectivity index (χ1n) is 16.7. The standard InChI is InChI=1S/C20H19FN2O3.C13H16N2O2.C7H5FO2.CH4.ClH/c1-2-26-20(25)18(23-19(24)13-7-9-15(21)10-8-13)11-14-12-22-17-6-4-3-5-16(14)17;1-2-17-13(16)11(14)7-9-8-15-12-6-4-3-5-10(9)12;8-6-3-1-5(2-4-6)7(9)10;;/h3-10,12,18,22H,2,11H2,1H3,(H,23,24);3-6,8,11,15H,2,7,14H2,1H3;1-4H,(H,9,10);1H4;1H/t18-;11-;;;/m00.../s1. The number of aromatic nitrogens is 2. The second-order valence-corrected chi connectivity index (χ2v) is 11.6. The number of ether oxygens (including phenoxy) is 2. The summed E-state index contributed by atoms with van der Waals surface area (Å²) in [6.45, 7) is 4.06. The van der Waals surface area contributed by atoms with Crippen molar-refractivity contribution in [3.05, 3.63) is 143 Å². The highest BCUT2D eigenvalue weighted by molar-refractivity contribution is 5.97. The van der Waals surface area contributed by atoms with Gasteiger partial charge in [0.15, 0.2) is 0 Å². The Bertz CT molecular complexity index is 2140. The van der Waals surface area contributed by atoms with Gasteiger partial charge in [-0.15, -0.1) is 12.4 Å². The summed E-state index contributed by atoms with van der Waals surface area (Å²) in [5, 5.41) is 13.1. The van der Waals surface area contributed by atoms with Gasteiger partial charge in [-0.1, -0.05) is 43.8 Å². The predicted molar refractivity (Wildman–Crippen MR) is 210 cm³/mol. The number of benzene rings is 4. The maximum atomic E-state index is 13.0. The van der Waals surface area contributed by atoms with Gasteiger partial charge in [-0.3, -0.25) is 9.59 Å². The number of esters is 2. The summed E-state index contributed by atoms with van der Waals surface area (Å²) in [6, 6.07) is 24.0. The number of carboxylic acids is 1. The van der Waals surface area contributed by atoms with Crippen LogP contribution in [-0.2, 0) is 31.9 Å². The smallest absolute Gasteiger partial charge is 0.335 e. The molecule has 55 heavy (non-hydrogen) atoms. The number of carbonyl (C=O) groups is 4. The van der Waals surface area contributed by atoms with Gasteiger partial charge in [0.1, 0.15) is 23.7 Å². The quantitative estimate of drug-likeness (QED) is 0.0846. The van der Waals surface area contributed by atoms with Crippen LogP contribution >= 0.6 is 12.4 Å². The van der Waals surface area contributed by atoms with Crippen molar-refractivity contribution in [1.29, 1.82) is 0 Å². The average Bonchev–Trinajstić information content (AvgIpc) is 3.76. The molecule has 0 radical (unpaired) electrons. The van der Waals surface area contributed by atoms with Crippen molar-refractivity contribution in [1.82, 2.24) is 15.3 Å². The van der Waals surface area contributed by atoms with Crippen LogP contribution in [0.25, 0.3) is 21.8 Å². The number of rotatable bonds is 11. The molecule has 0 saturated heterocycles. The molecule has 0 saturated carbocycles. The Balaban J connectivity index is 0.000000310. The number of halogens is 3. The van der Waals surface area contributed by atoms with E-state index in [1.54, 1.807) is 13.8 Å². The molecule has 0 bridgehead atoms. The first-order chi connectivity index (χ1) is 25.5. The molecule has 11 nitrogen and oxygen atoms in total. The number of amides is 1. The summed E-state index contributed by atoms with van der Waals surface area (Å²) in [5.41, 5.74) is 10.1. The van der Waals surface area contributed by atoms with E-state index < -0.39 is 41.6 Å². The largest absolute Gasteiger partial charge is 0.478 e. The minimum Gasteiger partial charge on any atom is -0.478 e. The third-order valence-electron chi connectivity index (χ3n) is 7.88. The summed E-state index contributed by atoms with van der Waals surface area (Å²) in [7, 11) is 0. The summed E-state index contributed by atoms with van der Waals surface area (Å²) in [5.74, 6) is -3.21. The lowest BCUT2D eigenvalue weighted by Gasteiger charge is -2.17. The summed E-state index contributed by atoms with van der Waals surface area (Å²) >= 11 is 0. The lowest BCUT2D eigenvalue weighted by Crippen LogP contribution is -2.43. The van der Waals surface area contributed by atoms with Gasteiger partial charge in [0.25, 0.3) is 5.91 Å². The number of aromatic carboxylic acids is 1. The number of hydrogen-bond acceptors (Lipinski definition) is 7. The van der Waals surface area contributed by atoms with Crippen LogP contribution in [0.5, 0.6) is 0 Å². The van der Waals surface area contributed by atoms with E-state index in [0.717, 1.165) is 45.1 Å². The number of H-pyrrole nitrogens is 2.